The number of fused-ring (bicyclic) bond motifs is 3. The first-order chi connectivity index (χ1) is 14.5. The number of amides is 1. The van der Waals surface area contributed by atoms with Crippen LogP contribution in [0.25, 0.3) is 0 Å². The molecule has 0 bridgehead atoms. The molecular weight excluding hydrogens is 445 g/mol. The maximum absolute atomic E-state index is 12.8. The van der Waals surface area contributed by atoms with Crippen molar-refractivity contribution in [2.24, 2.45) is 0 Å². The minimum atomic E-state index is -0.415. The van der Waals surface area contributed by atoms with E-state index in [-0.39, 0.29) is 12.5 Å². The molecule has 0 aliphatic carbocycles. The van der Waals surface area contributed by atoms with Gasteiger partial charge in [0.05, 0.1) is 15.6 Å². The molecule has 0 fully saturated rings. The van der Waals surface area contributed by atoms with E-state index in [0.717, 1.165) is 30.1 Å². The fourth-order valence-electron chi connectivity index (χ4n) is 3.73. The van der Waals surface area contributed by atoms with Gasteiger partial charge in [-0.05, 0) is 43.3 Å². The van der Waals surface area contributed by atoms with Crippen LogP contribution >= 0.6 is 34.5 Å². The van der Waals surface area contributed by atoms with E-state index < -0.39 is 6.17 Å². The van der Waals surface area contributed by atoms with Crippen LogP contribution in [-0.2, 0) is 19.6 Å². The lowest BCUT2D eigenvalue weighted by Gasteiger charge is -2.26. The van der Waals surface area contributed by atoms with Crippen LogP contribution in [0.5, 0.6) is 5.75 Å². The Bertz CT molecular complexity index is 1130. The van der Waals surface area contributed by atoms with Crippen molar-refractivity contribution in [2.75, 3.05) is 18.9 Å². The molecule has 3 aromatic rings. The van der Waals surface area contributed by atoms with Crippen molar-refractivity contribution in [3.63, 3.8) is 0 Å². The highest BCUT2D eigenvalue weighted by Crippen LogP contribution is 2.40. The summed E-state index contributed by atoms with van der Waals surface area (Å²) >= 11 is 13.6. The molecular formula is C21H19Cl2N3O3S. The normalized spacial score (nSPS) is 18.4. The quantitative estimate of drug-likeness (QED) is 0.565. The molecule has 1 unspecified atom stereocenters. The first-order valence-corrected chi connectivity index (χ1v) is 11.1. The standard InChI is InChI=1S/C21H19Cl2N3O3S/c1-26-7-6-13-17(9-26)30-21-18(13)20(27)24-19(25-21)16-5-3-12(29-16)10-28-11-2-4-14(22)15(23)8-11/h2-5,8,19,25H,6-7,9-10H2,1H3,(H,24,27). The number of rotatable bonds is 4. The van der Waals surface area contributed by atoms with Gasteiger partial charge >= 0.3 is 0 Å². The van der Waals surface area contributed by atoms with Gasteiger partial charge in [0.25, 0.3) is 5.91 Å². The number of likely N-dealkylation sites (N-methyl/N-ethyl adjacent to an activating group) is 1. The summed E-state index contributed by atoms with van der Waals surface area (Å²) in [5.74, 6) is 1.82. The number of benzene rings is 1. The minimum Gasteiger partial charge on any atom is -0.486 e. The van der Waals surface area contributed by atoms with Gasteiger partial charge in [0, 0.05) is 24.0 Å². The van der Waals surface area contributed by atoms with Crippen LogP contribution in [0.15, 0.2) is 34.7 Å². The van der Waals surface area contributed by atoms with Gasteiger partial charge in [0.2, 0.25) is 0 Å². The number of halogens is 2. The summed E-state index contributed by atoms with van der Waals surface area (Å²) in [5, 5.41) is 8.25. The molecule has 0 spiro atoms. The second-order valence-corrected chi connectivity index (χ2v) is 9.33. The Morgan fingerprint density at radius 2 is 2.10 bits per heavy atom. The largest absolute Gasteiger partial charge is 0.486 e. The van der Waals surface area contributed by atoms with Gasteiger partial charge in [-0.3, -0.25) is 4.79 Å². The van der Waals surface area contributed by atoms with E-state index in [9.17, 15) is 4.79 Å². The number of furan rings is 1. The van der Waals surface area contributed by atoms with Crippen molar-refractivity contribution in [1.29, 1.82) is 0 Å². The molecule has 0 saturated carbocycles. The first-order valence-electron chi connectivity index (χ1n) is 9.55. The van der Waals surface area contributed by atoms with Crippen LogP contribution in [0, 0.1) is 0 Å². The lowest BCUT2D eigenvalue weighted by molar-refractivity contribution is 0.0929. The molecule has 1 atom stereocenters. The summed E-state index contributed by atoms with van der Waals surface area (Å²) in [7, 11) is 2.10. The fourth-order valence-corrected chi connectivity index (χ4v) is 5.38. The van der Waals surface area contributed by atoms with Gasteiger partial charge in [-0.2, -0.15) is 0 Å². The second-order valence-electron chi connectivity index (χ2n) is 7.42. The van der Waals surface area contributed by atoms with Crippen molar-refractivity contribution in [3.05, 3.63) is 67.9 Å². The predicted octanol–water partition coefficient (Wildman–Crippen LogP) is 5.07. The molecule has 0 radical (unpaired) electrons. The summed E-state index contributed by atoms with van der Waals surface area (Å²) < 4.78 is 11.6. The molecule has 1 aromatic carbocycles. The van der Waals surface area contributed by atoms with Crippen LogP contribution in [-0.4, -0.2) is 24.4 Å². The smallest absolute Gasteiger partial charge is 0.256 e. The number of ether oxygens (including phenoxy) is 1. The Balaban J connectivity index is 1.30. The molecule has 2 aromatic heterocycles. The molecule has 2 aliphatic heterocycles. The summed E-state index contributed by atoms with van der Waals surface area (Å²) in [6, 6.07) is 8.78. The van der Waals surface area contributed by atoms with Crippen molar-refractivity contribution in [1.82, 2.24) is 10.2 Å². The molecule has 156 valence electrons. The third-order valence-corrected chi connectivity index (χ3v) is 7.15. The Labute approximate surface area is 187 Å². The number of nitrogens with zero attached hydrogens (tertiary/aromatic N) is 1. The van der Waals surface area contributed by atoms with E-state index in [4.69, 9.17) is 32.4 Å². The Hall–Kier alpha value is -2.19. The SMILES string of the molecule is CN1CCc2c(sc3c2C(=O)NC(c2ccc(COc4ccc(Cl)c(Cl)c4)o2)N3)C1. The van der Waals surface area contributed by atoms with Crippen molar-refractivity contribution >= 4 is 45.4 Å². The zero-order valence-electron chi connectivity index (χ0n) is 16.1. The monoisotopic (exact) mass is 463 g/mol. The number of nitrogens with one attached hydrogen (secondary N) is 2. The zero-order chi connectivity index (χ0) is 20.8. The summed E-state index contributed by atoms with van der Waals surface area (Å²) in [6.07, 6.45) is 0.482. The third-order valence-electron chi connectivity index (χ3n) is 5.26. The molecule has 2 N–H and O–H groups in total. The van der Waals surface area contributed by atoms with E-state index >= 15 is 0 Å². The number of hydrogen-bond acceptors (Lipinski definition) is 6. The van der Waals surface area contributed by atoms with Crippen molar-refractivity contribution in [2.45, 2.75) is 25.7 Å². The number of hydrogen-bond donors (Lipinski definition) is 2. The van der Waals surface area contributed by atoms with Gasteiger partial charge in [-0.1, -0.05) is 23.2 Å². The van der Waals surface area contributed by atoms with Gasteiger partial charge in [0.1, 0.15) is 28.9 Å². The third kappa shape index (κ3) is 3.67. The second kappa shape index (κ2) is 7.81. The highest BCUT2D eigenvalue weighted by Gasteiger charge is 2.33. The number of anilines is 1. The molecule has 1 amide bonds. The van der Waals surface area contributed by atoms with Crippen molar-refractivity contribution < 1.29 is 13.9 Å². The summed E-state index contributed by atoms with van der Waals surface area (Å²) in [5.41, 5.74) is 1.96. The van der Waals surface area contributed by atoms with Gasteiger partial charge in [-0.15, -0.1) is 11.3 Å². The average molecular weight is 464 g/mol. The zero-order valence-corrected chi connectivity index (χ0v) is 18.5. The van der Waals surface area contributed by atoms with Crippen LogP contribution in [0.3, 0.4) is 0 Å². The number of carbonyl (C=O) groups excluding carboxylic acids is 1. The highest BCUT2D eigenvalue weighted by molar-refractivity contribution is 7.16. The molecule has 2 aliphatic rings. The van der Waals surface area contributed by atoms with Crippen LogP contribution in [0.2, 0.25) is 10.0 Å². The Morgan fingerprint density at radius 3 is 2.93 bits per heavy atom. The van der Waals surface area contributed by atoms with E-state index in [2.05, 4.69) is 22.6 Å². The van der Waals surface area contributed by atoms with Crippen LogP contribution < -0.4 is 15.4 Å². The number of carbonyl (C=O) groups is 1. The predicted molar refractivity (Wildman–Crippen MR) is 118 cm³/mol. The Kier molecular flexibility index (Phi) is 5.14. The van der Waals surface area contributed by atoms with E-state index in [1.807, 2.05) is 12.1 Å². The van der Waals surface area contributed by atoms with E-state index in [1.165, 1.54) is 10.4 Å². The summed E-state index contributed by atoms with van der Waals surface area (Å²) in [4.78, 5) is 16.3. The molecule has 6 nitrogen and oxygen atoms in total. The molecule has 5 rings (SSSR count). The van der Waals surface area contributed by atoms with E-state index in [0.29, 0.717) is 27.3 Å². The maximum atomic E-state index is 12.8. The lowest BCUT2D eigenvalue weighted by Crippen LogP contribution is -2.38. The highest BCUT2D eigenvalue weighted by atomic mass is 35.5. The molecule has 4 heterocycles. The van der Waals surface area contributed by atoms with E-state index in [1.54, 1.807) is 29.5 Å². The van der Waals surface area contributed by atoms with Gasteiger partial charge in [0.15, 0.2) is 6.17 Å². The summed E-state index contributed by atoms with van der Waals surface area (Å²) in [6.45, 7) is 2.08. The maximum Gasteiger partial charge on any atom is 0.256 e. The molecule has 30 heavy (non-hydrogen) atoms. The van der Waals surface area contributed by atoms with Crippen LogP contribution in [0.4, 0.5) is 5.00 Å². The first kappa shape index (κ1) is 19.8. The minimum absolute atomic E-state index is 0.0548. The fraction of sp³-hybridized carbons (Fsp3) is 0.286. The molecule has 0 saturated heterocycles. The van der Waals surface area contributed by atoms with Gasteiger partial charge in [-0.25, -0.2) is 0 Å². The van der Waals surface area contributed by atoms with Crippen molar-refractivity contribution in [3.8, 4) is 5.75 Å². The topological polar surface area (TPSA) is 66.7 Å². The number of thiophene rings is 1. The average Bonchev–Trinajstić information content (AvgIpc) is 3.33. The van der Waals surface area contributed by atoms with Crippen LogP contribution in [0.1, 0.15) is 38.5 Å². The van der Waals surface area contributed by atoms with Gasteiger partial charge < -0.3 is 24.7 Å². The molecule has 9 heteroatoms. The lowest BCUT2D eigenvalue weighted by atomic mass is 10.0. The Morgan fingerprint density at radius 1 is 1.23 bits per heavy atom.